The lowest BCUT2D eigenvalue weighted by molar-refractivity contribution is -0.128. The van der Waals surface area contributed by atoms with Crippen molar-refractivity contribution in [2.45, 2.75) is 6.42 Å². The summed E-state index contributed by atoms with van der Waals surface area (Å²) in [7, 11) is 6.10. The molecule has 0 aliphatic carbocycles. The van der Waals surface area contributed by atoms with Gasteiger partial charge in [-0.2, -0.15) is 0 Å². The number of hydrogen-bond donors (Lipinski definition) is 1. The van der Waals surface area contributed by atoms with E-state index in [0.717, 1.165) is 0 Å². The fourth-order valence-corrected chi connectivity index (χ4v) is 2.76. The van der Waals surface area contributed by atoms with Crippen LogP contribution in [0.25, 0.3) is 0 Å². The van der Waals surface area contributed by atoms with E-state index < -0.39 is 5.92 Å². The first kappa shape index (κ1) is 18.9. The summed E-state index contributed by atoms with van der Waals surface area (Å²) in [5.74, 6) is 0.681. The maximum Gasteiger partial charge on any atom is 0.229 e. The molecule has 0 spiro atoms. The third kappa shape index (κ3) is 4.33. The number of methoxy groups -OCH3 is 4. The summed E-state index contributed by atoms with van der Waals surface area (Å²) >= 11 is 0. The Morgan fingerprint density at radius 3 is 2.32 bits per heavy atom. The van der Waals surface area contributed by atoms with Gasteiger partial charge in [-0.05, 0) is 0 Å². The Kier molecular flexibility index (Phi) is 6.46. The van der Waals surface area contributed by atoms with Crippen LogP contribution in [0.15, 0.2) is 12.1 Å². The number of nitrogens with zero attached hydrogens (tertiary/aromatic N) is 1. The Morgan fingerprint density at radius 2 is 1.80 bits per heavy atom. The van der Waals surface area contributed by atoms with Crippen LogP contribution in [0.4, 0.5) is 5.69 Å². The van der Waals surface area contributed by atoms with Gasteiger partial charge in [-0.15, -0.1) is 0 Å². The van der Waals surface area contributed by atoms with E-state index in [1.807, 2.05) is 0 Å². The van der Waals surface area contributed by atoms with Crippen LogP contribution in [0.2, 0.25) is 0 Å². The van der Waals surface area contributed by atoms with Crippen LogP contribution < -0.4 is 19.5 Å². The molecule has 1 unspecified atom stereocenters. The summed E-state index contributed by atoms with van der Waals surface area (Å²) in [6.45, 7) is 1.33. The minimum Gasteiger partial charge on any atom is -0.493 e. The van der Waals surface area contributed by atoms with Gasteiger partial charge in [-0.3, -0.25) is 9.59 Å². The van der Waals surface area contributed by atoms with E-state index in [0.29, 0.717) is 42.6 Å². The number of hydrogen-bond acceptors (Lipinski definition) is 6. The molecule has 1 aromatic rings. The maximum atomic E-state index is 12.5. The molecule has 25 heavy (non-hydrogen) atoms. The van der Waals surface area contributed by atoms with Crippen molar-refractivity contribution in [3.8, 4) is 17.2 Å². The predicted octanol–water partition coefficient (Wildman–Crippen LogP) is 1.15. The number of rotatable bonds is 8. The number of ether oxygens (including phenoxy) is 4. The molecule has 2 amide bonds. The highest BCUT2D eigenvalue weighted by atomic mass is 16.5. The van der Waals surface area contributed by atoms with E-state index in [-0.39, 0.29) is 18.2 Å². The summed E-state index contributed by atoms with van der Waals surface area (Å²) in [5, 5.41) is 2.82. The zero-order valence-corrected chi connectivity index (χ0v) is 15.0. The molecule has 0 radical (unpaired) electrons. The monoisotopic (exact) mass is 352 g/mol. The topological polar surface area (TPSA) is 86.3 Å². The van der Waals surface area contributed by atoms with Crippen LogP contribution >= 0.6 is 0 Å². The standard InChI is InChI=1S/C17H24N2O6/c1-22-6-5-19-10-11(7-15(19)20)17(21)18-12-8-13(23-2)16(25-4)14(9-12)24-3/h8-9,11H,5-7,10H2,1-4H3,(H,18,21). The first-order valence-electron chi connectivity index (χ1n) is 7.91. The fraction of sp³-hybridized carbons (Fsp3) is 0.529. The van der Waals surface area contributed by atoms with E-state index in [2.05, 4.69) is 5.32 Å². The molecule has 138 valence electrons. The fourth-order valence-electron chi connectivity index (χ4n) is 2.76. The smallest absolute Gasteiger partial charge is 0.229 e. The molecule has 1 N–H and O–H groups in total. The van der Waals surface area contributed by atoms with Gasteiger partial charge in [-0.25, -0.2) is 0 Å². The number of amides is 2. The highest BCUT2D eigenvalue weighted by molar-refractivity contribution is 5.97. The molecule has 8 nitrogen and oxygen atoms in total. The first-order chi connectivity index (χ1) is 12.0. The van der Waals surface area contributed by atoms with Crippen LogP contribution in [0.3, 0.4) is 0 Å². The van der Waals surface area contributed by atoms with Crippen LogP contribution in [0.5, 0.6) is 17.2 Å². The SMILES string of the molecule is COCCN1CC(C(=O)Nc2cc(OC)c(OC)c(OC)c2)CC1=O. The van der Waals surface area contributed by atoms with Crippen LogP contribution in [-0.2, 0) is 14.3 Å². The number of anilines is 1. The van der Waals surface area contributed by atoms with Crippen molar-refractivity contribution in [2.75, 3.05) is 53.5 Å². The molecule has 1 heterocycles. The van der Waals surface area contributed by atoms with Crippen LogP contribution in [-0.4, -0.2) is 64.8 Å². The normalized spacial score (nSPS) is 16.7. The number of nitrogens with one attached hydrogen (secondary N) is 1. The minimum atomic E-state index is -0.400. The molecule has 1 saturated heterocycles. The molecule has 1 atom stereocenters. The van der Waals surface area contributed by atoms with Gasteiger partial charge in [-0.1, -0.05) is 0 Å². The van der Waals surface area contributed by atoms with E-state index in [1.54, 1.807) is 24.1 Å². The van der Waals surface area contributed by atoms with Gasteiger partial charge in [0.2, 0.25) is 17.6 Å². The molecule has 2 rings (SSSR count). The van der Waals surface area contributed by atoms with E-state index in [1.165, 1.54) is 21.3 Å². The number of carbonyl (C=O) groups is 2. The van der Waals surface area contributed by atoms with Crippen LogP contribution in [0, 0.1) is 5.92 Å². The second-order valence-corrected chi connectivity index (χ2v) is 5.64. The first-order valence-corrected chi connectivity index (χ1v) is 7.91. The van der Waals surface area contributed by atoms with Crippen molar-refractivity contribution in [3.63, 3.8) is 0 Å². The Balaban J connectivity index is 2.09. The van der Waals surface area contributed by atoms with Crippen molar-refractivity contribution < 1.29 is 28.5 Å². The molecular weight excluding hydrogens is 328 g/mol. The van der Waals surface area contributed by atoms with Crippen LogP contribution in [0.1, 0.15) is 6.42 Å². The molecule has 1 aliphatic heterocycles. The molecule has 0 bridgehead atoms. The quantitative estimate of drug-likeness (QED) is 0.755. The summed E-state index contributed by atoms with van der Waals surface area (Å²) in [4.78, 5) is 26.1. The van der Waals surface area contributed by atoms with Crippen molar-refractivity contribution in [2.24, 2.45) is 5.92 Å². The van der Waals surface area contributed by atoms with Gasteiger partial charge in [0.15, 0.2) is 11.5 Å². The molecule has 1 aromatic carbocycles. The highest BCUT2D eigenvalue weighted by Gasteiger charge is 2.34. The number of carbonyl (C=O) groups excluding carboxylic acids is 2. The lowest BCUT2D eigenvalue weighted by Crippen LogP contribution is -2.30. The van der Waals surface area contributed by atoms with Gasteiger partial charge in [0, 0.05) is 44.4 Å². The van der Waals surface area contributed by atoms with Gasteiger partial charge >= 0.3 is 0 Å². The van der Waals surface area contributed by atoms with Gasteiger partial charge < -0.3 is 29.2 Å². The maximum absolute atomic E-state index is 12.5. The van der Waals surface area contributed by atoms with Gasteiger partial charge in [0.1, 0.15) is 0 Å². The molecule has 1 fully saturated rings. The molecule has 8 heteroatoms. The van der Waals surface area contributed by atoms with E-state index in [4.69, 9.17) is 18.9 Å². The van der Waals surface area contributed by atoms with Gasteiger partial charge in [0.05, 0.1) is 33.9 Å². The lowest BCUT2D eigenvalue weighted by atomic mass is 10.1. The van der Waals surface area contributed by atoms with E-state index in [9.17, 15) is 9.59 Å². The predicted molar refractivity (Wildman–Crippen MR) is 91.3 cm³/mol. The second kappa shape index (κ2) is 8.57. The zero-order chi connectivity index (χ0) is 18.4. The largest absolute Gasteiger partial charge is 0.493 e. The Bertz CT molecular complexity index is 609. The molecule has 0 saturated carbocycles. The Labute approximate surface area is 147 Å². The third-order valence-corrected chi connectivity index (χ3v) is 4.08. The van der Waals surface area contributed by atoms with Crippen molar-refractivity contribution >= 4 is 17.5 Å². The molecule has 1 aliphatic rings. The summed E-state index contributed by atoms with van der Waals surface area (Å²) in [6.07, 6.45) is 0.194. The molecular formula is C17H24N2O6. The number of benzene rings is 1. The summed E-state index contributed by atoms with van der Waals surface area (Å²) in [6, 6.07) is 3.30. The Morgan fingerprint density at radius 1 is 1.16 bits per heavy atom. The minimum absolute atomic E-state index is 0.0397. The number of likely N-dealkylation sites (tertiary alicyclic amines) is 1. The van der Waals surface area contributed by atoms with Crippen molar-refractivity contribution in [1.82, 2.24) is 4.90 Å². The average Bonchev–Trinajstić information content (AvgIpc) is 2.99. The summed E-state index contributed by atoms with van der Waals surface area (Å²) < 4.78 is 20.8. The Hall–Kier alpha value is -2.48. The summed E-state index contributed by atoms with van der Waals surface area (Å²) in [5.41, 5.74) is 0.516. The van der Waals surface area contributed by atoms with Crippen molar-refractivity contribution in [3.05, 3.63) is 12.1 Å². The third-order valence-electron chi connectivity index (χ3n) is 4.08. The van der Waals surface area contributed by atoms with E-state index >= 15 is 0 Å². The molecule has 0 aromatic heterocycles. The average molecular weight is 352 g/mol. The zero-order valence-electron chi connectivity index (χ0n) is 15.0. The highest BCUT2D eigenvalue weighted by Crippen LogP contribution is 2.40. The lowest BCUT2D eigenvalue weighted by Gasteiger charge is -2.17. The second-order valence-electron chi connectivity index (χ2n) is 5.64. The van der Waals surface area contributed by atoms with Gasteiger partial charge in [0.25, 0.3) is 0 Å². The van der Waals surface area contributed by atoms with Crippen molar-refractivity contribution in [1.29, 1.82) is 0 Å².